The SMILES string of the molecule is Cc1[nH]c2ccccc2c1C(=O)[C@H](C)OC(=O)c1cc2c(s1)CC[C@H](C)C2. The molecule has 1 N–H and O–H groups in total. The fourth-order valence-corrected chi connectivity index (χ4v) is 4.97. The Morgan fingerprint density at radius 1 is 1.30 bits per heavy atom. The van der Waals surface area contributed by atoms with Gasteiger partial charge in [-0.3, -0.25) is 4.79 Å². The highest BCUT2D eigenvalue weighted by molar-refractivity contribution is 7.14. The summed E-state index contributed by atoms with van der Waals surface area (Å²) in [7, 11) is 0. The van der Waals surface area contributed by atoms with Crippen LogP contribution in [0.25, 0.3) is 10.9 Å². The van der Waals surface area contributed by atoms with Crippen molar-refractivity contribution >= 4 is 34.0 Å². The minimum Gasteiger partial charge on any atom is -0.450 e. The van der Waals surface area contributed by atoms with Crippen molar-refractivity contribution in [1.29, 1.82) is 0 Å². The molecule has 1 aliphatic carbocycles. The summed E-state index contributed by atoms with van der Waals surface area (Å²) >= 11 is 1.51. The lowest BCUT2D eigenvalue weighted by atomic mass is 9.90. The summed E-state index contributed by atoms with van der Waals surface area (Å²) in [5, 5.41) is 0.864. The molecular weight excluding hydrogens is 358 g/mol. The normalized spacial score (nSPS) is 17.5. The number of esters is 1. The fraction of sp³-hybridized carbons (Fsp3) is 0.364. The van der Waals surface area contributed by atoms with Crippen LogP contribution in [0.2, 0.25) is 0 Å². The average Bonchev–Trinajstić information content (AvgIpc) is 3.20. The number of ether oxygens (including phenoxy) is 1. The van der Waals surface area contributed by atoms with Crippen LogP contribution in [0.1, 0.15) is 56.4 Å². The van der Waals surface area contributed by atoms with Gasteiger partial charge in [-0.15, -0.1) is 11.3 Å². The van der Waals surface area contributed by atoms with Crippen molar-refractivity contribution in [2.75, 3.05) is 0 Å². The first-order chi connectivity index (χ1) is 12.9. The summed E-state index contributed by atoms with van der Waals surface area (Å²) in [4.78, 5) is 30.7. The molecule has 27 heavy (non-hydrogen) atoms. The number of Topliss-reactive ketones (excluding diaryl/α,β-unsaturated/α-hetero) is 1. The molecule has 4 rings (SSSR count). The molecule has 2 heterocycles. The van der Waals surface area contributed by atoms with Gasteiger partial charge in [-0.25, -0.2) is 4.79 Å². The van der Waals surface area contributed by atoms with Crippen molar-refractivity contribution in [2.24, 2.45) is 5.92 Å². The topological polar surface area (TPSA) is 59.2 Å². The second-order valence-corrected chi connectivity index (χ2v) is 8.63. The number of fused-ring (bicyclic) bond motifs is 2. The number of nitrogens with one attached hydrogen (secondary N) is 1. The van der Waals surface area contributed by atoms with Gasteiger partial charge < -0.3 is 9.72 Å². The van der Waals surface area contributed by atoms with Crippen LogP contribution in [-0.4, -0.2) is 22.8 Å². The highest BCUT2D eigenvalue weighted by Crippen LogP contribution is 2.33. The fourth-order valence-electron chi connectivity index (χ4n) is 3.88. The number of hydrogen-bond acceptors (Lipinski definition) is 4. The standard InChI is InChI=1S/C22H23NO3S/c1-12-8-9-18-15(10-12)11-19(27-18)22(25)26-14(3)21(24)20-13(2)23-17-7-5-4-6-16(17)20/h4-7,11-12,14,23H,8-10H2,1-3H3/t12-,14-/m0/s1. The summed E-state index contributed by atoms with van der Waals surface area (Å²) in [5.41, 5.74) is 3.57. The van der Waals surface area contributed by atoms with Gasteiger partial charge in [0.15, 0.2) is 6.10 Å². The van der Waals surface area contributed by atoms with E-state index in [4.69, 9.17) is 4.74 Å². The van der Waals surface area contributed by atoms with Gasteiger partial charge in [-0.2, -0.15) is 0 Å². The molecule has 140 valence electrons. The van der Waals surface area contributed by atoms with Crippen LogP contribution >= 0.6 is 11.3 Å². The molecule has 4 nitrogen and oxygen atoms in total. The van der Waals surface area contributed by atoms with Gasteiger partial charge in [0.05, 0.1) is 0 Å². The number of aromatic amines is 1. The predicted octanol–water partition coefficient (Wildman–Crippen LogP) is 5.09. The molecule has 0 amide bonds. The third kappa shape index (κ3) is 3.32. The first-order valence-corrected chi connectivity index (χ1v) is 10.2. The molecule has 2 atom stereocenters. The summed E-state index contributed by atoms with van der Waals surface area (Å²) < 4.78 is 5.54. The van der Waals surface area contributed by atoms with Crippen LogP contribution in [-0.2, 0) is 17.6 Å². The lowest BCUT2D eigenvalue weighted by Gasteiger charge is -2.16. The van der Waals surface area contributed by atoms with E-state index in [-0.39, 0.29) is 5.78 Å². The third-order valence-electron chi connectivity index (χ3n) is 5.32. The number of rotatable bonds is 4. The largest absolute Gasteiger partial charge is 0.450 e. The van der Waals surface area contributed by atoms with Crippen molar-refractivity contribution in [3.63, 3.8) is 0 Å². The van der Waals surface area contributed by atoms with Crippen LogP contribution in [0, 0.1) is 12.8 Å². The van der Waals surface area contributed by atoms with Crippen LogP contribution in [0.3, 0.4) is 0 Å². The van der Waals surface area contributed by atoms with Crippen LogP contribution in [0.15, 0.2) is 30.3 Å². The number of para-hydroxylation sites is 1. The van der Waals surface area contributed by atoms with E-state index in [1.807, 2.05) is 37.3 Å². The van der Waals surface area contributed by atoms with Gasteiger partial charge in [0.1, 0.15) is 4.88 Å². The van der Waals surface area contributed by atoms with Gasteiger partial charge >= 0.3 is 5.97 Å². The van der Waals surface area contributed by atoms with Gasteiger partial charge in [0.25, 0.3) is 0 Å². The zero-order valence-electron chi connectivity index (χ0n) is 15.8. The summed E-state index contributed by atoms with van der Waals surface area (Å²) in [6.07, 6.45) is 2.38. The van der Waals surface area contributed by atoms with E-state index in [1.54, 1.807) is 6.92 Å². The second-order valence-electron chi connectivity index (χ2n) is 7.49. The van der Waals surface area contributed by atoms with Crippen LogP contribution in [0.4, 0.5) is 0 Å². The summed E-state index contributed by atoms with van der Waals surface area (Å²) in [5.74, 6) is 0.0787. The molecule has 0 aliphatic heterocycles. The first kappa shape index (κ1) is 18.0. The number of ketones is 1. The molecule has 1 aromatic carbocycles. The maximum atomic E-state index is 13.0. The number of carbonyl (C=O) groups is 2. The van der Waals surface area contributed by atoms with Gasteiger partial charge in [-0.1, -0.05) is 25.1 Å². The lowest BCUT2D eigenvalue weighted by Crippen LogP contribution is -2.24. The Hall–Kier alpha value is -2.40. The van der Waals surface area contributed by atoms with E-state index >= 15 is 0 Å². The number of hydrogen-bond donors (Lipinski definition) is 1. The molecule has 0 fully saturated rings. The summed E-state index contributed by atoms with van der Waals surface area (Å²) in [6, 6.07) is 9.63. The Balaban J connectivity index is 1.53. The minimum absolute atomic E-state index is 0.173. The van der Waals surface area contributed by atoms with Crippen molar-refractivity contribution in [3.8, 4) is 0 Å². The second kappa shape index (κ2) is 6.97. The predicted molar refractivity (Wildman–Crippen MR) is 108 cm³/mol. The quantitative estimate of drug-likeness (QED) is 0.506. The van der Waals surface area contributed by atoms with Crippen molar-refractivity contribution in [1.82, 2.24) is 4.98 Å². The van der Waals surface area contributed by atoms with Gasteiger partial charge in [0, 0.05) is 27.0 Å². The third-order valence-corrected chi connectivity index (χ3v) is 6.54. The van der Waals surface area contributed by atoms with Gasteiger partial charge in [-0.05, 0) is 56.7 Å². The molecule has 1 aliphatic rings. The van der Waals surface area contributed by atoms with Crippen molar-refractivity contribution < 1.29 is 14.3 Å². The highest BCUT2D eigenvalue weighted by Gasteiger charge is 2.27. The average molecular weight is 381 g/mol. The zero-order valence-corrected chi connectivity index (χ0v) is 16.6. The molecule has 2 aromatic heterocycles. The highest BCUT2D eigenvalue weighted by atomic mass is 32.1. The van der Waals surface area contributed by atoms with E-state index in [0.29, 0.717) is 16.4 Å². The van der Waals surface area contributed by atoms with Crippen LogP contribution in [0.5, 0.6) is 0 Å². The Morgan fingerprint density at radius 2 is 2.07 bits per heavy atom. The Bertz CT molecular complexity index is 1030. The Labute approximate surface area is 162 Å². The van der Waals surface area contributed by atoms with Crippen molar-refractivity contribution in [2.45, 2.75) is 46.1 Å². The summed E-state index contributed by atoms with van der Waals surface area (Å²) in [6.45, 7) is 5.76. The smallest absolute Gasteiger partial charge is 0.349 e. The number of carbonyl (C=O) groups excluding carboxylic acids is 2. The van der Waals surface area contributed by atoms with E-state index in [2.05, 4.69) is 11.9 Å². The molecule has 0 radical (unpaired) electrons. The lowest BCUT2D eigenvalue weighted by molar-refractivity contribution is 0.0324. The Morgan fingerprint density at radius 3 is 2.89 bits per heavy atom. The first-order valence-electron chi connectivity index (χ1n) is 9.38. The molecule has 0 saturated heterocycles. The number of thiophene rings is 1. The molecule has 0 spiro atoms. The van der Waals surface area contributed by atoms with E-state index in [0.717, 1.165) is 35.9 Å². The maximum absolute atomic E-state index is 13.0. The zero-order chi connectivity index (χ0) is 19.1. The Kier molecular flexibility index (Phi) is 4.64. The van der Waals surface area contributed by atoms with E-state index in [1.165, 1.54) is 21.8 Å². The number of aromatic nitrogens is 1. The molecule has 5 heteroatoms. The van der Waals surface area contributed by atoms with Gasteiger partial charge in [0.2, 0.25) is 5.78 Å². The van der Waals surface area contributed by atoms with E-state index < -0.39 is 12.1 Å². The van der Waals surface area contributed by atoms with Crippen LogP contribution < -0.4 is 0 Å². The molecule has 0 saturated carbocycles. The van der Waals surface area contributed by atoms with Crippen molar-refractivity contribution in [3.05, 3.63) is 56.9 Å². The number of H-pyrrole nitrogens is 1. The molecule has 0 bridgehead atoms. The minimum atomic E-state index is -0.826. The maximum Gasteiger partial charge on any atom is 0.349 e. The molecular formula is C22H23NO3S. The monoisotopic (exact) mass is 381 g/mol. The van der Waals surface area contributed by atoms with E-state index in [9.17, 15) is 9.59 Å². The number of aryl methyl sites for hydroxylation is 2. The molecule has 3 aromatic rings. The number of benzene rings is 1. The molecule has 0 unspecified atom stereocenters.